The Morgan fingerprint density at radius 1 is 0.857 bits per heavy atom. The van der Waals surface area contributed by atoms with Gasteiger partial charge in [0.1, 0.15) is 12.4 Å². The van der Waals surface area contributed by atoms with Crippen molar-refractivity contribution in [3.63, 3.8) is 0 Å². The Morgan fingerprint density at radius 2 is 1.51 bits per heavy atom. The van der Waals surface area contributed by atoms with Crippen molar-refractivity contribution in [1.82, 2.24) is 29.5 Å². The van der Waals surface area contributed by atoms with Crippen LogP contribution in [0.1, 0.15) is 60.8 Å². The Bertz CT molecular complexity index is 2210. The summed E-state index contributed by atoms with van der Waals surface area (Å²) in [4.78, 5) is 11.5. The van der Waals surface area contributed by atoms with Gasteiger partial charge in [-0.2, -0.15) is 0 Å². The second-order valence-electron chi connectivity index (χ2n) is 12.9. The fourth-order valence-electron chi connectivity index (χ4n) is 6.83. The van der Waals surface area contributed by atoms with Crippen molar-refractivity contribution >= 4 is 51.0 Å². The number of hydrogen-bond donors (Lipinski definition) is 2. The van der Waals surface area contributed by atoms with Gasteiger partial charge in [-0.15, -0.1) is 20.4 Å². The van der Waals surface area contributed by atoms with Gasteiger partial charge in [-0.05, 0) is 79.5 Å². The second kappa shape index (κ2) is 12.9. The van der Waals surface area contributed by atoms with Crippen molar-refractivity contribution in [2.45, 2.75) is 79.8 Å². The van der Waals surface area contributed by atoms with Crippen LogP contribution in [0.2, 0.25) is 0 Å². The van der Waals surface area contributed by atoms with Crippen molar-refractivity contribution in [1.29, 1.82) is 0 Å². The van der Waals surface area contributed by atoms with Crippen molar-refractivity contribution < 1.29 is 19.7 Å². The van der Waals surface area contributed by atoms with E-state index >= 15 is 0 Å². The van der Waals surface area contributed by atoms with Crippen LogP contribution in [0.4, 0.5) is 0 Å². The van der Waals surface area contributed by atoms with Crippen molar-refractivity contribution in [3.8, 4) is 11.4 Å². The summed E-state index contributed by atoms with van der Waals surface area (Å²) in [5, 5.41) is 44.6. The summed E-state index contributed by atoms with van der Waals surface area (Å²) in [6, 6.07) is 25.0. The number of aryl methyl sites for hydroxylation is 2. The molecule has 2 aromatic heterocycles. The fraction of sp³-hybridized carbons (Fsp3) is 0.324. The fourth-order valence-corrected chi connectivity index (χ4v) is 8.95. The summed E-state index contributed by atoms with van der Waals surface area (Å²) in [5.74, 6) is 0.774. The summed E-state index contributed by atoms with van der Waals surface area (Å²) in [6.07, 6.45) is 3.80. The maximum atomic E-state index is 11.7. The first-order valence-corrected chi connectivity index (χ1v) is 18.3. The highest BCUT2D eigenvalue weighted by Crippen LogP contribution is 2.51. The van der Waals surface area contributed by atoms with Crippen LogP contribution in [0.5, 0.6) is 0 Å². The Labute approximate surface area is 291 Å². The van der Waals surface area contributed by atoms with Crippen molar-refractivity contribution in [3.05, 3.63) is 95.6 Å². The lowest BCUT2D eigenvalue weighted by molar-refractivity contribution is -0.146. The number of aromatic nitrogens is 6. The molecule has 1 unspecified atom stereocenters. The van der Waals surface area contributed by atoms with Gasteiger partial charge in [0.2, 0.25) is 0 Å². The number of thioether (sulfide) groups is 2. The highest BCUT2D eigenvalue weighted by atomic mass is 32.2. The van der Waals surface area contributed by atoms with E-state index in [1.165, 1.54) is 35.6 Å². The molecule has 2 fully saturated rings. The number of hydrogen-bond acceptors (Lipinski definition) is 9. The second-order valence-corrected chi connectivity index (χ2v) is 15.2. The molecule has 2 aliphatic rings. The van der Waals surface area contributed by atoms with Gasteiger partial charge < -0.3 is 14.9 Å². The maximum Gasteiger partial charge on any atom is 0.313 e. The minimum atomic E-state index is -1.12. The first-order valence-electron chi connectivity index (χ1n) is 16.5. The van der Waals surface area contributed by atoms with E-state index in [1.807, 2.05) is 41.8 Å². The standard InChI is InChI=1S/C37H36N6O4S2/c1-22-12-16-31(28-10-5-3-8-25(22)28)43-32(39-40-35(43)48-21-33(44)45)20-47-34(46)37(18-7-19-37)49-36-41-38-23(2)42(36)30-17-15-26(24-13-14-24)27-9-4-6-11-29(27)30/h3-6,8-12,15-17,24,34,46H,7,13-14,18-21H2,1-2H3,(H,44,45). The Balaban J connectivity index is 1.09. The van der Waals surface area contributed by atoms with Crippen LogP contribution in [-0.4, -0.2) is 62.5 Å². The lowest BCUT2D eigenvalue weighted by atomic mass is 9.83. The van der Waals surface area contributed by atoms with Crippen LogP contribution in [0, 0.1) is 13.8 Å². The Morgan fingerprint density at radius 3 is 2.20 bits per heavy atom. The van der Waals surface area contributed by atoms with E-state index in [9.17, 15) is 15.0 Å². The number of aliphatic hydroxyl groups is 1. The third-order valence-electron chi connectivity index (χ3n) is 9.69. The van der Waals surface area contributed by atoms with Gasteiger partial charge in [0.25, 0.3) is 0 Å². The molecule has 1 atom stereocenters. The van der Waals surface area contributed by atoms with E-state index in [4.69, 9.17) is 4.74 Å². The smallest absolute Gasteiger partial charge is 0.313 e. The molecule has 2 aliphatic carbocycles. The van der Waals surface area contributed by atoms with E-state index in [0.717, 1.165) is 69.9 Å². The first-order chi connectivity index (χ1) is 23.8. The molecule has 0 amide bonds. The first kappa shape index (κ1) is 32.0. The zero-order valence-corrected chi connectivity index (χ0v) is 28.9. The topological polar surface area (TPSA) is 128 Å². The molecule has 0 bridgehead atoms. The monoisotopic (exact) mass is 692 g/mol. The summed E-state index contributed by atoms with van der Waals surface area (Å²) >= 11 is 2.62. The highest BCUT2D eigenvalue weighted by Gasteiger charge is 2.47. The number of benzene rings is 4. The number of aliphatic carboxylic acids is 1. The van der Waals surface area contributed by atoms with Crippen LogP contribution in [0.15, 0.2) is 83.1 Å². The number of nitrogens with zero attached hydrogens (tertiary/aromatic N) is 6. The summed E-state index contributed by atoms with van der Waals surface area (Å²) in [7, 11) is 0. The normalized spacial score (nSPS) is 16.2. The lowest BCUT2D eigenvalue weighted by Gasteiger charge is -2.43. The van der Waals surface area contributed by atoms with Gasteiger partial charge in [0.15, 0.2) is 22.4 Å². The number of carboxylic acids is 1. The summed E-state index contributed by atoms with van der Waals surface area (Å²) in [6.45, 7) is 4.00. The van der Waals surface area contributed by atoms with E-state index in [0.29, 0.717) is 22.1 Å². The molecule has 2 heterocycles. The number of carbonyl (C=O) groups is 1. The average Bonchev–Trinajstić information content (AvgIpc) is 3.76. The molecule has 4 aromatic carbocycles. The Kier molecular flexibility index (Phi) is 8.43. The number of carboxylic acid groups (broad SMARTS) is 1. The molecule has 49 heavy (non-hydrogen) atoms. The number of rotatable bonds is 12. The molecule has 0 radical (unpaired) electrons. The lowest BCUT2D eigenvalue weighted by Crippen LogP contribution is -2.47. The van der Waals surface area contributed by atoms with E-state index < -0.39 is 17.0 Å². The van der Waals surface area contributed by atoms with Gasteiger partial charge in [-0.25, -0.2) is 0 Å². The third-order valence-corrected chi connectivity index (χ3v) is 12.1. The average molecular weight is 693 g/mol. The number of fused-ring (bicyclic) bond motifs is 2. The van der Waals surface area contributed by atoms with E-state index in [1.54, 1.807) is 0 Å². The van der Waals surface area contributed by atoms with Crippen LogP contribution in [0.3, 0.4) is 0 Å². The van der Waals surface area contributed by atoms with Crippen LogP contribution < -0.4 is 0 Å². The minimum Gasteiger partial charge on any atom is -0.481 e. The predicted octanol–water partition coefficient (Wildman–Crippen LogP) is 7.38. The van der Waals surface area contributed by atoms with Crippen LogP contribution in [-0.2, 0) is 16.1 Å². The third kappa shape index (κ3) is 5.90. The van der Waals surface area contributed by atoms with Gasteiger partial charge in [-0.3, -0.25) is 13.9 Å². The molecule has 8 rings (SSSR count). The molecule has 0 aliphatic heterocycles. The zero-order valence-electron chi connectivity index (χ0n) is 27.2. The molecule has 6 aromatic rings. The number of aliphatic hydroxyl groups excluding tert-OH is 1. The zero-order chi connectivity index (χ0) is 33.7. The highest BCUT2D eigenvalue weighted by molar-refractivity contribution is 8.00. The molecule has 12 heteroatoms. The van der Waals surface area contributed by atoms with Gasteiger partial charge in [0, 0.05) is 10.8 Å². The summed E-state index contributed by atoms with van der Waals surface area (Å²) < 4.78 is 9.57. The van der Waals surface area contributed by atoms with Gasteiger partial charge in [-0.1, -0.05) is 90.6 Å². The molecule has 2 N–H and O–H groups in total. The van der Waals surface area contributed by atoms with Crippen molar-refractivity contribution in [2.24, 2.45) is 0 Å². The van der Waals surface area contributed by atoms with E-state index in [-0.39, 0.29) is 12.4 Å². The molecule has 2 saturated carbocycles. The Hall–Kier alpha value is -4.23. The van der Waals surface area contributed by atoms with Gasteiger partial charge >= 0.3 is 5.97 Å². The predicted molar refractivity (Wildman–Crippen MR) is 191 cm³/mol. The SMILES string of the molecule is Cc1ccc(-n2c(COC(O)C3(Sc4nnc(C)n4-c4ccc(C5CC5)c5ccccc45)CCC3)nnc2SCC(=O)O)c2ccccc12. The molecule has 250 valence electrons. The van der Waals surface area contributed by atoms with Crippen LogP contribution in [0.25, 0.3) is 32.9 Å². The maximum absolute atomic E-state index is 11.7. The quantitative estimate of drug-likeness (QED) is 0.0991. The molecule has 0 spiro atoms. The molecule has 10 nitrogen and oxygen atoms in total. The molecule has 0 saturated heterocycles. The van der Waals surface area contributed by atoms with E-state index in [2.05, 4.69) is 74.4 Å². The minimum absolute atomic E-state index is 0.0225. The number of ether oxygens (including phenoxy) is 1. The van der Waals surface area contributed by atoms with Crippen LogP contribution >= 0.6 is 23.5 Å². The molecular formula is C37H36N6O4S2. The summed E-state index contributed by atoms with van der Waals surface area (Å²) in [5.41, 5.74) is 4.37. The van der Waals surface area contributed by atoms with Gasteiger partial charge in [0.05, 0.1) is 21.9 Å². The van der Waals surface area contributed by atoms with Crippen molar-refractivity contribution in [2.75, 3.05) is 5.75 Å². The largest absolute Gasteiger partial charge is 0.481 e. The molecular weight excluding hydrogens is 657 g/mol.